The van der Waals surface area contributed by atoms with Gasteiger partial charge in [0.1, 0.15) is 4.83 Å². The summed E-state index contributed by atoms with van der Waals surface area (Å²) in [5.74, 6) is 2.06. The number of aromatic nitrogens is 2. The average Bonchev–Trinajstić information content (AvgIpc) is 2.99. The van der Waals surface area contributed by atoms with Crippen LogP contribution in [0.1, 0.15) is 49.5 Å². The molecule has 2 aliphatic rings. The Labute approximate surface area is 174 Å². The van der Waals surface area contributed by atoms with Crippen molar-refractivity contribution in [1.82, 2.24) is 14.5 Å². The first kappa shape index (κ1) is 20.0. The van der Waals surface area contributed by atoms with Crippen LogP contribution in [0.15, 0.2) is 9.95 Å². The Morgan fingerprint density at radius 1 is 1.21 bits per heavy atom. The molecule has 0 aromatic carbocycles. The van der Waals surface area contributed by atoms with Crippen LogP contribution >= 0.6 is 23.1 Å². The summed E-state index contributed by atoms with van der Waals surface area (Å²) in [5, 5.41) is 1.40. The van der Waals surface area contributed by atoms with E-state index in [1.165, 1.54) is 37.4 Å². The zero-order valence-corrected chi connectivity index (χ0v) is 18.6. The number of hydrogen-bond donors (Lipinski definition) is 0. The molecule has 0 radical (unpaired) electrons. The van der Waals surface area contributed by atoms with Crippen LogP contribution in [-0.4, -0.2) is 39.2 Å². The molecule has 3 heterocycles. The van der Waals surface area contributed by atoms with E-state index in [9.17, 15) is 9.59 Å². The van der Waals surface area contributed by atoms with E-state index in [0.717, 1.165) is 46.1 Å². The van der Waals surface area contributed by atoms with E-state index in [-0.39, 0.29) is 11.5 Å². The van der Waals surface area contributed by atoms with Gasteiger partial charge < -0.3 is 4.90 Å². The van der Waals surface area contributed by atoms with Gasteiger partial charge in [0.15, 0.2) is 5.16 Å². The Kier molecular flexibility index (Phi) is 5.83. The number of likely N-dealkylation sites (tertiary alicyclic amines) is 1. The summed E-state index contributed by atoms with van der Waals surface area (Å²) in [5.41, 5.74) is 1.05. The molecular formula is C21H29N3O2S2. The second-order valence-corrected chi connectivity index (χ2v) is 10.3. The fraction of sp³-hybridized carbons (Fsp3) is 0.667. The minimum Gasteiger partial charge on any atom is -0.342 e. The highest BCUT2D eigenvalue weighted by atomic mass is 32.2. The minimum atomic E-state index is 0.0207. The van der Waals surface area contributed by atoms with Crippen molar-refractivity contribution in [3.05, 3.63) is 20.8 Å². The smallest absolute Gasteiger partial charge is 0.263 e. The van der Waals surface area contributed by atoms with E-state index < -0.39 is 0 Å². The van der Waals surface area contributed by atoms with Crippen molar-refractivity contribution in [2.75, 3.05) is 18.8 Å². The molecule has 1 aliphatic heterocycles. The van der Waals surface area contributed by atoms with Crippen molar-refractivity contribution in [1.29, 1.82) is 0 Å². The van der Waals surface area contributed by atoms with Crippen LogP contribution in [0.2, 0.25) is 0 Å². The number of piperidine rings is 1. The molecule has 2 fully saturated rings. The van der Waals surface area contributed by atoms with Gasteiger partial charge >= 0.3 is 0 Å². The topological polar surface area (TPSA) is 55.2 Å². The second-order valence-electron chi connectivity index (χ2n) is 8.13. The summed E-state index contributed by atoms with van der Waals surface area (Å²) in [7, 11) is 0. The maximum absolute atomic E-state index is 12.9. The van der Waals surface area contributed by atoms with Crippen LogP contribution < -0.4 is 5.56 Å². The van der Waals surface area contributed by atoms with E-state index in [1.54, 1.807) is 15.9 Å². The first-order valence-electron chi connectivity index (χ1n) is 10.4. The van der Waals surface area contributed by atoms with Crippen molar-refractivity contribution in [3.8, 4) is 0 Å². The summed E-state index contributed by atoms with van der Waals surface area (Å²) >= 11 is 2.98. The molecule has 5 nitrogen and oxygen atoms in total. The highest BCUT2D eigenvalue weighted by Gasteiger charge is 2.32. The van der Waals surface area contributed by atoms with Gasteiger partial charge in [-0.2, -0.15) is 0 Å². The summed E-state index contributed by atoms with van der Waals surface area (Å²) in [4.78, 5) is 34.5. The lowest BCUT2D eigenvalue weighted by molar-refractivity contribution is -0.131. The van der Waals surface area contributed by atoms with Gasteiger partial charge in [0.2, 0.25) is 5.91 Å². The lowest BCUT2D eigenvalue weighted by atomic mass is 9.75. The van der Waals surface area contributed by atoms with E-state index in [1.807, 2.05) is 25.7 Å². The molecule has 7 heteroatoms. The molecule has 0 N–H and O–H groups in total. The summed E-state index contributed by atoms with van der Waals surface area (Å²) in [6, 6.07) is 0. The van der Waals surface area contributed by atoms with E-state index in [2.05, 4.69) is 0 Å². The zero-order chi connectivity index (χ0) is 19.8. The molecular weight excluding hydrogens is 390 g/mol. The average molecular weight is 420 g/mol. The van der Waals surface area contributed by atoms with Gasteiger partial charge in [0.05, 0.1) is 11.1 Å². The Morgan fingerprint density at radius 2 is 1.96 bits per heavy atom. The molecule has 0 bridgehead atoms. The van der Waals surface area contributed by atoms with Crippen molar-refractivity contribution in [3.63, 3.8) is 0 Å². The fourth-order valence-corrected chi connectivity index (χ4v) is 6.78. The molecule has 1 saturated carbocycles. The standard InChI is InChI=1S/C21H29N3O2S2/c1-4-24-20(26)18-13(2)14(3)28-19(18)22-21(24)27-12-17(25)23-10-9-15-7-5-6-8-16(15)11-23/h15-16H,4-12H2,1-3H3/t15-,16-/m1/s1. The first-order valence-corrected chi connectivity index (χ1v) is 12.2. The number of rotatable bonds is 4. The van der Waals surface area contributed by atoms with Gasteiger partial charge in [-0.1, -0.05) is 31.0 Å². The lowest BCUT2D eigenvalue weighted by Gasteiger charge is -2.41. The molecule has 1 saturated heterocycles. The third-order valence-corrected chi connectivity index (χ3v) is 8.60. The van der Waals surface area contributed by atoms with Gasteiger partial charge in [0, 0.05) is 24.5 Å². The maximum atomic E-state index is 12.9. The lowest BCUT2D eigenvalue weighted by Crippen LogP contribution is -2.45. The van der Waals surface area contributed by atoms with Crippen LogP contribution in [0.25, 0.3) is 10.2 Å². The summed E-state index contributed by atoms with van der Waals surface area (Å²) < 4.78 is 1.72. The zero-order valence-electron chi connectivity index (χ0n) is 17.0. The molecule has 2 atom stereocenters. The molecule has 1 aliphatic carbocycles. The van der Waals surface area contributed by atoms with Crippen molar-refractivity contribution >= 4 is 39.2 Å². The van der Waals surface area contributed by atoms with Gasteiger partial charge in [-0.3, -0.25) is 14.2 Å². The number of hydrogen-bond acceptors (Lipinski definition) is 5. The van der Waals surface area contributed by atoms with Gasteiger partial charge in [-0.25, -0.2) is 4.98 Å². The van der Waals surface area contributed by atoms with Crippen LogP contribution in [0, 0.1) is 25.7 Å². The summed E-state index contributed by atoms with van der Waals surface area (Å²) in [6.45, 7) is 8.35. The Bertz CT molecular complexity index is 949. The van der Waals surface area contributed by atoms with Crippen LogP contribution in [0.4, 0.5) is 0 Å². The molecule has 152 valence electrons. The number of fused-ring (bicyclic) bond motifs is 2. The van der Waals surface area contributed by atoms with Crippen molar-refractivity contribution in [2.45, 2.75) is 64.6 Å². The Morgan fingerprint density at radius 3 is 2.71 bits per heavy atom. The second kappa shape index (κ2) is 8.19. The quantitative estimate of drug-likeness (QED) is 0.550. The van der Waals surface area contributed by atoms with Crippen LogP contribution in [0.3, 0.4) is 0 Å². The van der Waals surface area contributed by atoms with Gasteiger partial charge in [-0.05, 0) is 51.0 Å². The molecule has 2 aromatic heterocycles. The van der Waals surface area contributed by atoms with E-state index in [0.29, 0.717) is 23.4 Å². The minimum absolute atomic E-state index is 0.0207. The molecule has 2 aromatic rings. The summed E-state index contributed by atoms with van der Waals surface area (Å²) in [6.07, 6.45) is 6.43. The first-order chi connectivity index (χ1) is 13.5. The van der Waals surface area contributed by atoms with E-state index >= 15 is 0 Å². The Hall–Kier alpha value is -1.34. The van der Waals surface area contributed by atoms with Gasteiger partial charge in [-0.15, -0.1) is 11.3 Å². The molecule has 4 rings (SSSR count). The number of nitrogens with zero attached hydrogens (tertiary/aromatic N) is 3. The van der Waals surface area contributed by atoms with E-state index in [4.69, 9.17) is 4.98 Å². The SMILES string of the molecule is CCn1c(SCC(=O)N2CC[C@H]3CCCC[C@@H]3C2)nc2sc(C)c(C)c2c1=O. The maximum Gasteiger partial charge on any atom is 0.263 e. The monoisotopic (exact) mass is 419 g/mol. The van der Waals surface area contributed by atoms with Crippen LogP contribution in [-0.2, 0) is 11.3 Å². The number of thiophene rings is 1. The largest absolute Gasteiger partial charge is 0.342 e. The van der Waals surface area contributed by atoms with Crippen molar-refractivity contribution < 1.29 is 4.79 Å². The molecule has 28 heavy (non-hydrogen) atoms. The van der Waals surface area contributed by atoms with Gasteiger partial charge in [0.25, 0.3) is 5.56 Å². The van der Waals surface area contributed by atoms with Crippen molar-refractivity contribution in [2.24, 2.45) is 11.8 Å². The molecule has 0 spiro atoms. The predicted molar refractivity (Wildman–Crippen MR) is 116 cm³/mol. The number of aryl methyl sites for hydroxylation is 2. The Balaban J connectivity index is 1.49. The number of amides is 1. The predicted octanol–water partition coefficient (Wildman–Crippen LogP) is 4.23. The third-order valence-electron chi connectivity index (χ3n) is 6.54. The number of thioether (sulfide) groups is 1. The fourth-order valence-electron chi connectivity index (χ4n) is 4.74. The molecule has 0 unspecified atom stereocenters. The normalized spacial score (nSPS) is 22.5. The molecule has 1 amide bonds. The highest BCUT2D eigenvalue weighted by Crippen LogP contribution is 2.36. The third kappa shape index (κ3) is 3.63. The van der Waals surface area contributed by atoms with Crippen LogP contribution in [0.5, 0.6) is 0 Å². The highest BCUT2D eigenvalue weighted by molar-refractivity contribution is 7.99. The number of carbonyl (C=O) groups is 1. The number of carbonyl (C=O) groups excluding carboxylic acids is 1.